The van der Waals surface area contributed by atoms with E-state index in [1.807, 2.05) is 0 Å². The number of ether oxygens (including phenoxy) is 1. The van der Waals surface area contributed by atoms with Gasteiger partial charge in [-0.1, -0.05) is 6.07 Å². The molecule has 0 bridgehead atoms. The lowest BCUT2D eigenvalue weighted by Gasteiger charge is -2.37. The monoisotopic (exact) mass is 403 g/mol. The number of nitrogens with zero attached hydrogens (tertiary/aromatic N) is 2. The van der Waals surface area contributed by atoms with Crippen molar-refractivity contribution in [3.8, 4) is 0 Å². The van der Waals surface area contributed by atoms with Crippen LogP contribution < -0.4 is 5.32 Å². The van der Waals surface area contributed by atoms with E-state index < -0.39 is 5.60 Å². The van der Waals surface area contributed by atoms with E-state index in [9.17, 15) is 14.7 Å². The average molecular weight is 404 g/mol. The van der Waals surface area contributed by atoms with Gasteiger partial charge in [0.1, 0.15) is 5.82 Å². The van der Waals surface area contributed by atoms with Gasteiger partial charge in [0, 0.05) is 31.7 Å². The SMILES string of the molecule is CCOC(=O)CC1(O)CCN(C(=O)CCCCc2ccc3c(n2)NCCC3)CC1. The van der Waals surface area contributed by atoms with Crippen molar-refractivity contribution in [1.29, 1.82) is 0 Å². The summed E-state index contributed by atoms with van der Waals surface area (Å²) in [6.07, 6.45) is 6.24. The predicted molar refractivity (Wildman–Crippen MR) is 111 cm³/mol. The van der Waals surface area contributed by atoms with Gasteiger partial charge in [-0.2, -0.15) is 0 Å². The van der Waals surface area contributed by atoms with Gasteiger partial charge in [0.15, 0.2) is 0 Å². The van der Waals surface area contributed by atoms with Gasteiger partial charge in [0.25, 0.3) is 0 Å². The van der Waals surface area contributed by atoms with Crippen LogP contribution in [0.4, 0.5) is 5.82 Å². The van der Waals surface area contributed by atoms with Gasteiger partial charge >= 0.3 is 5.97 Å². The lowest BCUT2D eigenvalue weighted by Crippen LogP contribution is -2.47. The fourth-order valence-electron chi connectivity index (χ4n) is 4.08. The Kier molecular flexibility index (Phi) is 7.47. The van der Waals surface area contributed by atoms with Gasteiger partial charge < -0.3 is 20.1 Å². The van der Waals surface area contributed by atoms with Gasteiger partial charge in [-0.15, -0.1) is 0 Å². The molecule has 29 heavy (non-hydrogen) atoms. The molecular formula is C22H33N3O4. The highest BCUT2D eigenvalue weighted by atomic mass is 16.5. The van der Waals surface area contributed by atoms with Crippen LogP contribution in [0.3, 0.4) is 0 Å². The van der Waals surface area contributed by atoms with Gasteiger partial charge in [-0.25, -0.2) is 4.98 Å². The number of aryl methyl sites for hydroxylation is 2. The van der Waals surface area contributed by atoms with Crippen LogP contribution in [0.1, 0.15) is 63.1 Å². The third kappa shape index (κ3) is 6.16. The molecule has 3 rings (SSSR count). The van der Waals surface area contributed by atoms with Gasteiger partial charge in [0.05, 0.1) is 18.6 Å². The largest absolute Gasteiger partial charge is 0.466 e. The van der Waals surface area contributed by atoms with E-state index in [0.29, 0.717) is 39.0 Å². The molecule has 0 saturated carbocycles. The number of carbonyl (C=O) groups excluding carboxylic acids is 2. The lowest BCUT2D eigenvalue weighted by atomic mass is 9.88. The number of nitrogens with one attached hydrogen (secondary N) is 1. The lowest BCUT2D eigenvalue weighted by molar-refractivity contribution is -0.151. The van der Waals surface area contributed by atoms with E-state index in [4.69, 9.17) is 9.72 Å². The molecule has 0 aliphatic carbocycles. The summed E-state index contributed by atoms with van der Waals surface area (Å²) in [5, 5.41) is 13.9. The van der Waals surface area contributed by atoms with Crippen molar-refractivity contribution in [2.45, 2.75) is 70.3 Å². The number of aliphatic hydroxyl groups is 1. The van der Waals surface area contributed by atoms with E-state index in [2.05, 4.69) is 17.4 Å². The summed E-state index contributed by atoms with van der Waals surface area (Å²) >= 11 is 0. The molecule has 1 aromatic heterocycles. The summed E-state index contributed by atoms with van der Waals surface area (Å²) in [5.74, 6) is 0.775. The normalized spacial score (nSPS) is 17.9. The number of amides is 1. The number of esters is 1. The molecule has 3 heterocycles. The Morgan fingerprint density at radius 1 is 1.28 bits per heavy atom. The molecule has 1 fully saturated rings. The molecule has 0 atom stereocenters. The Hall–Kier alpha value is -2.15. The fraction of sp³-hybridized carbons (Fsp3) is 0.682. The first-order valence-corrected chi connectivity index (χ1v) is 10.9. The van der Waals surface area contributed by atoms with E-state index >= 15 is 0 Å². The van der Waals surface area contributed by atoms with E-state index in [1.165, 1.54) is 5.56 Å². The van der Waals surface area contributed by atoms with Crippen LogP contribution in [0, 0.1) is 0 Å². The zero-order valence-electron chi connectivity index (χ0n) is 17.4. The van der Waals surface area contributed by atoms with Crippen molar-refractivity contribution < 1.29 is 19.4 Å². The average Bonchev–Trinajstić information content (AvgIpc) is 2.71. The second-order valence-corrected chi connectivity index (χ2v) is 8.13. The van der Waals surface area contributed by atoms with Gasteiger partial charge in [-0.3, -0.25) is 9.59 Å². The molecule has 1 amide bonds. The number of likely N-dealkylation sites (tertiary alicyclic amines) is 1. The van der Waals surface area contributed by atoms with Crippen LogP contribution in [0.5, 0.6) is 0 Å². The van der Waals surface area contributed by atoms with Crippen molar-refractivity contribution in [2.75, 3.05) is 31.6 Å². The number of hydrogen-bond donors (Lipinski definition) is 2. The standard InChI is InChI=1S/C22H33N3O4/c1-2-29-20(27)16-22(28)11-14-25(15-12-22)19(26)8-4-3-7-18-10-9-17-6-5-13-23-21(17)24-18/h9-10,28H,2-8,11-16H2,1H3,(H,23,24). The molecule has 1 saturated heterocycles. The van der Waals surface area contributed by atoms with Crippen molar-refractivity contribution in [3.63, 3.8) is 0 Å². The number of unbranched alkanes of at least 4 members (excludes halogenated alkanes) is 1. The highest BCUT2D eigenvalue weighted by Gasteiger charge is 2.36. The smallest absolute Gasteiger partial charge is 0.308 e. The van der Waals surface area contributed by atoms with Crippen LogP contribution >= 0.6 is 0 Å². The van der Waals surface area contributed by atoms with Crippen molar-refractivity contribution in [2.24, 2.45) is 0 Å². The first-order chi connectivity index (χ1) is 14.0. The molecule has 1 aromatic rings. The molecule has 0 unspecified atom stereocenters. The number of piperidine rings is 1. The minimum atomic E-state index is -1.05. The maximum absolute atomic E-state index is 12.5. The summed E-state index contributed by atoms with van der Waals surface area (Å²) in [5.41, 5.74) is 1.32. The topological polar surface area (TPSA) is 91.8 Å². The number of fused-ring (bicyclic) bond motifs is 1. The molecule has 2 N–H and O–H groups in total. The maximum atomic E-state index is 12.5. The van der Waals surface area contributed by atoms with E-state index in [1.54, 1.807) is 11.8 Å². The zero-order valence-corrected chi connectivity index (χ0v) is 17.4. The Bertz CT molecular complexity index is 714. The second kappa shape index (κ2) is 10.1. The van der Waals surface area contributed by atoms with Crippen molar-refractivity contribution in [1.82, 2.24) is 9.88 Å². The number of pyridine rings is 1. The molecule has 7 nitrogen and oxygen atoms in total. The second-order valence-electron chi connectivity index (χ2n) is 8.13. The first-order valence-electron chi connectivity index (χ1n) is 10.9. The predicted octanol–water partition coefficient (Wildman–Crippen LogP) is 2.46. The van der Waals surface area contributed by atoms with Crippen LogP contribution in [-0.4, -0.2) is 58.7 Å². The highest BCUT2D eigenvalue weighted by molar-refractivity contribution is 5.76. The summed E-state index contributed by atoms with van der Waals surface area (Å²) in [6, 6.07) is 4.27. The Morgan fingerprint density at radius 3 is 2.83 bits per heavy atom. The summed E-state index contributed by atoms with van der Waals surface area (Å²) in [4.78, 5) is 30.6. The van der Waals surface area contributed by atoms with Crippen LogP contribution in [-0.2, 0) is 27.2 Å². The first kappa shape index (κ1) is 21.6. The molecule has 0 spiro atoms. The molecular weight excluding hydrogens is 370 g/mol. The number of aromatic nitrogens is 1. The minimum Gasteiger partial charge on any atom is -0.466 e. The van der Waals surface area contributed by atoms with Crippen LogP contribution in [0.15, 0.2) is 12.1 Å². The molecule has 2 aliphatic rings. The number of anilines is 1. The summed E-state index contributed by atoms with van der Waals surface area (Å²) in [6.45, 7) is 4.04. The minimum absolute atomic E-state index is 0.00546. The quantitative estimate of drug-likeness (QED) is 0.512. The molecule has 2 aliphatic heterocycles. The Morgan fingerprint density at radius 2 is 2.07 bits per heavy atom. The third-order valence-electron chi connectivity index (χ3n) is 5.85. The number of rotatable bonds is 8. The number of carbonyl (C=O) groups is 2. The van der Waals surface area contributed by atoms with Crippen LogP contribution in [0.25, 0.3) is 0 Å². The Labute approximate surface area is 172 Å². The van der Waals surface area contributed by atoms with E-state index in [0.717, 1.165) is 50.2 Å². The molecule has 0 radical (unpaired) electrons. The van der Waals surface area contributed by atoms with Crippen molar-refractivity contribution >= 4 is 17.7 Å². The number of hydrogen-bond acceptors (Lipinski definition) is 6. The maximum Gasteiger partial charge on any atom is 0.308 e. The zero-order chi connectivity index (χ0) is 20.7. The van der Waals surface area contributed by atoms with Gasteiger partial charge in [0.2, 0.25) is 5.91 Å². The molecule has 7 heteroatoms. The highest BCUT2D eigenvalue weighted by Crippen LogP contribution is 2.27. The molecule has 0 aromatic carbocycles. The van der Waals surface area contributed by atoms with Crippen LogP contribution in [0.2, 0.25) is 0 Å². The van der Waals surface area contributed by atoms with Gasteiger partial charge in [-0.05, 0) is 63.5 Å². The van der Waals surface area contributed by atoms with E-state index in [-0.39, 0.29) is 18.3 Å². The van der Waals surface area contributed by atoms with Crippen molar-refractivity contribution in [3.05, 3.63) is 23.4 Å². The Balaban J connectivity index is 1.36. The third-order valence-corrected chi connectivity index (χ3v) is 5.85. The fourth-order valence-corrected chi connectivity index (χ4v) is 4.08. The molecule has 160 valence electrons. The summed E-state index contributed by atoms with van der Waals surface area (Å²) in [7, 11) is 0. The summed E-state index contributed by atoms with van der Waals surface area (Å²) < 4.78 is 4.93.